The van der Waals surface area contributed by atoms with Crippen molar-refractivity contribution >= 4 is 37.6 Å². The third kappa shape index (κ3) is 3.65. The summed E-state index contributed by atoms with van der Waals surface area (Å²) in [5, 5.41) is 0.161. The van der Waals surface area contributed by atoms with Crippen LogP contribution in [0.15, 0.2) is 51.8 Å². The van der Waals surface area contributed by atoms with Crippen LogP contribution in [0, 0.1) is 5.82 Å². The topological polar surface area (TPSA) is 46.6 Å². The van der Waals surface area contributed by atoms with Crippen molar-refractivity contribution in [3.8, 4) is 0 Å². The van der Waals surface area contributed by atoms with Gasteiger partial charge >= 0.3 is 0 Å². The van der Waals surface area contributed by atoms with Crippen molar-refractivity contribution in [2.75, 3.05) is 19.7 Å². The quantitative estimate of drug-likeness (QED) is 0.733. The zero-order chi connectivity index (χ0) is 17.3. The SMILES string of the molecule is O=S(=O)(c1ccc(Br)cc1Cl)N1CCOC(c2ccc(F)cc2)C1. The maximum absolute atomic E-state index is 13.1. The molecule has 2 aromatic rings. The molecule has 3 rings (SSSR count). The van der Waals surface area contributed by atoms with E-state index in [0.29, 0.717) is 4.47 Å². The van der Waals surface area contributed by atoms with Crippen molar-refractivity contribution in [1.82, 2.24) is 4.31 Å². The highest BCUT2D eigenvalue weighted by atomic mass is 79.9. The summed E-state index contributed by atoms with van der Waals surface area (Å²) in [7, 11) is -3.73. The van der Waals surface area contributed by atoms with Crippen LogP contribution in [0.5, 0.6) is 0 Å². The standard InChI is InChI=1S/C16H14BrClFNO3S/c17-12-3-6-16(14(18)9-12)24(21,22)20-7-8-23-15(10-20)11-1-4-13(19)5-2-11/h1-6,9,15H,7-8,10H2. The monoisotopic (exact) mass is 433 g/mol. The highest BCUT2D eigenvalue weighted by molar-refractivity contribution is 9.10. The molecule has 1 atom stereocenters. The van der Waals surface area contributed by atoms with Crippen LogP contribution < -0.4 is 0 Å². The van der Waals surface area contributed by atoms with E-state index in [4.69, 9.17) is 16.3 Å². The van der Waals surface area contributed by atoms with Crippen LogP contribution in [0.4, 0.5) is 4.39 Å². The van der Waals surface area contributed by atoms with Crippen LogP contribution in [-0.4, -0.2) is 32.4 Å². The van der Waals surface area contributed by atoms with Crippen LogP contribution in [0.3, 0.4) is 0 Å². The Morgan fingerprint density at radius 3 is 2.58 bits per heavy atom. The minimum atomic E-state index is -3.73. The van der Waals surface area contributed by atoms with Gasteiger partial charge in [-0.1, -0.05) is 39.7 Å². The van der Waals surface area contributed by atoms with Gasteiger partial charge in [-0.15, -0.1) is 0 Å². The lowest BCUT2D eigenvalue weighted by Crippen LogP contribution is -2.42. The second kappa shape index (κ2) is 7.09. The third-order valence-electron chi connectivity index (χ3n) is 3.78. The molecule has 0 N–H and O–H groups in total. The molecule has 1 heterocycles. The lowest BCUT2D eigenvalue weighted by Gasteiger charge is -2.32. The molecule has 0 spiro atoms. The van der Waals surface area contributed by atoms with E-state index in [9.17, 15) is 12.8 Å². The van der Waals surface area contributed by atoms with Crippen molar-refractivity contribution in [2.24, 2.45) is 0 Å². The Labute approximate surface area is 153 Å². The molecule has 1 aliphatic rings. The average Bonchev–Trinajstić information content (AvgIpc) is 2.55. The van der Waals surface area contributed by atoms with E-state index in [1.54, 1.807) is 24.3 Å². The summed E-state index contributed by atoms with van der Waals surface area (Å²) >= 11 is 9.36. The fourth-order valence-corrected chi connectivity index (χ4v) is 4.98. The number of benzene rings is 2. The van der Waals surface area contributed by atoms with Gasteiger partial charge in [0.2, 0.25) is 10.0 Å². The van der Waals surface area contributed by atoms with Crippen LogP contribution in [0.25, 0.3) is 0 Å². The zero-order valence-corrected chi connectivity index (χ0v) is 15.6. The second-order valence-corrected chi connectivity index (χ2v) is 8.58. The summed E-state index contributed by atoms with van der Waals surface area (Å²) in [6.07, 6.45) is -0.441. The van der Waals surface area contributed by atoms with Crippen molar-refractivity contribution in [2.45, 2.75) is 11.0 Å². The van der Waals surface area contributed by atoms with Crippen LogP contribution in [0.1, 0.15) is 11.7 Å². The van der Waals surface area contributed by atoms with Crippen LogP contribution >= 0.6 is 27.5 Å². The van der Waals surface area contributed by atoms with Crippen LogP contribution in [0.2, 0.25) is 5.02 Å². The maximum Gasteiger partial charge on any atom is 0.244 e. The molecule has 8 heteroatoms. The number of hydrogen-bond donors (Lipinski definition) is 0. The van der Waals surface area contributed by atoms with Crippen molar-refractivity contribution in [3.05, 3.63) is 63.3 Å². The van der Waals surface area contributed by atoms with Gasteiger partial charge in [-0.05, 0) is 35.9 Å². The molecule has 1 aliphatic heterocycles. The zero-order valence-electron chi connectivity index (χ0n) is 12.5. The molecule has 0 amide bonds. The number of sulfonamides is 1. The molecule has 0 radical (unpaired) electrons. The van der Waals surface area contributed by atoms with E-state index >= 15 is 0 Å². The third-order valence-corrected chi connectivity index (χ3v) is 6.62. The molecule has 1 unspecified atom stereocenters. The number of rotatable bonds is 3. The number of ether oxygens (including phenoxy) is 1. The molecular weight excluding hydrogens is 421 g/mol. The van der Waals surface area contributed by atoms with E-state index in [1.807, 2.05) is 0 Å². The average molecular weight is 435 g/mol. The Bertz CT molecular complexity index is 845. The fraction of sp³-hybridized carbons (Fsp3) is 0.250. The number of hydrogen-bond acceptors (Lipinski definition) is 3. The molecule has 2 aromatic carbocycles. The van der Waals surface area contributed by atoms with Gasteiger partial charge in [-0.3, -0.25) is 0 Å². The molecule has 4 nitrogen and oxygen atoms in total. The van der Waals surface area contributed by atoms with Gasteiger partial charge in [0.25, 0.3) is 0 Å². The van der Waals surface area contributed by atoms with Gasteiger partial charge in [-0.2, -0.15) is 4.31 Å². The molecule has 0 aliphatic carbocycles. The van der Waals surface area contributed by atoms with Crippen molar-refractivity contribution in [1.29, 1.82) is 0 Å². The summed E-state index contributed by atoms with van der Waals surface area (Å²) in [5.74, 6) is -0.347. The van der Waals surface area contributed by atoms with Gasteiger partial charge in [0.15, 0.2) is 0 Å². The predicted octanol–water partition coefficient (Wildman–Crippen LogP) is 4.00. The summed E-state index contributed by atoms with van der Waals surface area (Å²) < 4.78 is 46.5. The van der Waals surface area contributed by atoms with Crippen LogP contribution in [-0.2, 0) is 14.8 Å². The first-order chi connectivity index (χ1) is 11.4. The van der Waals surface area contributed by atoms with Gasteiger partial charge < -0.3 is 4.74 Å². The summed E-state index contributed by atoms with van der Waals surface area (Å²) in [4.78, 5) is 0.0622. The number of halogens is 3. The van der Waals surface area contributed by atoms with Gasteiger partial charge in [0, 0.05) is 17.6 Å². The Morgan fingerprint density at radius 1 is 1.21 bits per heavy atom. The van der Waals surface area contributed by atoms with Gasteiger partial charge in [0.1, 0.15) is 10.7 Å². The van der Waals surface area contributed by atoms with E-state index in [-0.39, 0.29) is 35.4 Å². The van der Waals surface area contributed by atoms with Gasteiger partial charge in [0.05, 0.1) is 17.7 Å². The maximum atomic E-state index is 13.1. The number of morpholine rings is 1. The largest absolute Gasteiger partial charge is 0.371 e. The first kappa shape index (κ1) is 17.8. The first-order valence-corrected chi connectivity index (χ1v) is 9.81. The van der Waals surface area contributed by atoms with E-state index in [0.717, 1.165) is 5.56 Å². The Balaban J connectivity index is 1.87. The Morgan fingerprint density at radius 2 is 1.92 bits per heavy atom. The lowest BCUT2D eigenvalue weighted by atomic mass is 10.1. The molecule has 24 heavy (non-hydrogen) atoms. The second-order valence-electron chi connectivity index (χ2n) is 5.35. The van der Waals surface area contributed by atoms with Gasteiger partial charge in [-0.25, -0.2) is 12.8 Å². The molecule has 0 bridgehead atoms. The van der Waals surface area contributed by atoms with E-state index in [1.165, 1.54) is 22.5 Å². The summed E-state index contributed by atoms with van der Waals surface area (Å²) in [6.45, 7) is 0.655. The smallest absolute Gasteiger partial charge is 0.244 e. The minimum Gasteiger partial charge on any atom is -0.371 e. The highest BCUT2D eigenvalue weighted by Gasteiger charge is 2.32. The lowest BCUT2D eigenvalue weighted by molar-refractivity contribution is -0.00258. The first-order valence-electron chi connectivity index (χ1n) is 7.20. The summed E-state index contributed by atoms with van der Waals surface area (Å²) in [6, 6.07) is 10.5. The molecule has 1 saturated heterocycles. The summed E-state index contributed by atoms with van der Waals surface area (Å²) in [5.41, 5.74) is 0.734. The molecular formula is C16H14BrClFNO3S. The van der Waals surface area contributed by atoms with Crippen molar-refractivity contribution < 1.29 is 17.5 Å². The Hall–Kier alpha value is -0.990. The van der Waals surface area contributed by atoms with Crippen molar-refractivity contribution in [3.63, 3.8) is 0 Å². The molecule has 1 fully saturated rings. The molecule has 0 aromatic heterocycles. The Kier molecular flexibility index (Phi) is 5.27. The normalized spacial score (nSPS) is 19.4. The van der Waals surface area contributed by atoms with E-state index < -0.39 is 16.1 Å². The predicted molar refractivity (Wildman–Crippen MR) is 93.0 cm³/mol. The molecule has 128 valence electrons. The number of nitrogens with zero attached hydrogens (tertiary/aromatic N) is 1. The highest BCUT2D eigenvalue weighted by Crippen LogP contribution is 2.31. The van der Waals surface area contributed by atoms with E-state index in [2.05, 4.69) is 15.9 Å². The molecule has 0 saturated carbocycles. The minimum absolute atomic E-state index is 0.0622. The fourth-order valence-electron chi connectivity index (χ4n) is 2.55.